The molecule has 184 valence electrons. The van der Waals surface area contributed by atoms with Crippen molar-refractivity contribution in [1.82, 2.24) is 5.32 Å². The first-order chi connectivity index (χ1) is 16.4. The number of halogens is 3. The van der Waals surface area contributed by atoms with Crippen LogP contribution < -0.4 is 10.0 Å². The number of carboxylic acids is 1. The van der Waals surface area contributed by atoms with Gasteiger partial charge >= 0.3 is 5.97 Å². The molecule has 0 heterocycles. The largest absolute Gasteiger partial charge is 0.480 e. The molecule has 11 heteroatoms. The SMILES string of the molecule is CC(C)[C@H](NC(=O)c1ccc(-c2cccc(NS(=O)(=O)c3cc(Cl)c(Cl)cc3Cl)c2)cc1)C(=O)O. The van der Waals surface area contributed by atoms with Gasteiger partial charge in [-0.2, -0.15) is 0 Å². The molecular weight excluding hydrogens is 535 g/mol. The summed E-state index contributed by atoms with van der Waals surface area (Å²) in [6.45, 7) is 3.41. The first-order valence-corrected chi connectivity index (χ1v) is 12.9. The minimum atomic E-state index is -4.05. The van der Waals surface area contributed by atoms with Gasteiger partial charge in [0.25, 0.3) is 15.9 Å². The molecule has 0 fully saturated rings. The second-order valence-corrected chi connectivity index (χ2v) is 10.9. The summed E-state index contributed by atoms with van der Waals surface area (Å²) in [4.78, 5) is 23.6. The Kier molecular flexibility index (Phi) is 8.33. The molecule has 7 nitrogen and oxygen atoms in total. The molecule has 0 saturated carbocycles. The van der Waals surface area contributed by atoms with E-state index in [-0.39, 0.29) is 31.6 Å². The molecule has 3 N–H and O–H groups in total. The second kappa shape index (κ2) is 10.9. The molecule has 0 saturated heterocycles. The predicted octanol–water partition coefficient (Wildman–Crippen LogP) is 5.95. The summed E-state index contributed by atoms with van der Waals surface area (Å²) in [7, 11) is -4.05. The van der Waals surface area contributed by atoms with Gasteiger partial charge < -0.3 is 10.4 Å². The lowest BCUT2D eigenvalue weighted by atomic mass is 10.0. The van der Waals surface area contributed by atoms with E-state index in [2.05, 4.69) is 10.0 Å². The summed E-state index contributed by atoms with van der Waals surface area (Å²) in [5.74, 6) is -1.88. The van der Waals surface area contributed by atoms with E-state index in [1.165, 1.54) is 12.1 Å². The quantitative estimate of drug-likeness (QED) is 0.297. The van der Waals surface area contributed by atoms with E-state index in [1.54, 1.807) is 62.4 Å². The molecule has 0 aliphatic carbocycles. The fourth-order valence-corrected chi connectivity index (χ4v) is 5.29. The number of carboxylic acid groups (broad SMARTS) is 1. The topological polar surface area (TPSA) is 113 Å². The van der Waals surface area contributed by atoms with Crippen LogP contribution in [0.15, 0.2) is 65.6 Å². The minimum Gasteiger partial charge on any atom is -0.480 e. The van der Waals surface area contributed by atoms with Crippen molar-refractivity contribution in [2.75, 3.05) is 4.72 Å². The summed E-state index contributed by atoms with van der Waals surface area (Å²) in [6.07, 6.45) is 0. The van der Waals surface area contributed by atoms with Crippen LogP contribution in [-0.4, -0.2) is 31.4 Å². The highest BCUT2D eigenvalue weighted by Crippen LogP contribution is 2.33. The van der Waals surface area contributed by atoms with Crippen LogP contribution in [0, 0.1) is 5.92 Å². The van der Waals surface area contributed by atoms with Crippen molar-refractivity contribution in [2.45, 2.75) is 24.8 Å². The third-order valence-corrected chi connectivity index (χ3v) is 7.65. The number of amides is 1. The molecule has 0 aliphatic heterocycles. The summed E-state index contributed by atoms with van der Waals surface area (Å²) >= 11 is 17.9. The van der Waals surface area contributed by atoms with E-state index < -0.39 is 27.9 Å². The number of carbonyl (C=O) groups excluding carboxylic acids is 1. The number of benzene rings is 3. The number of anilines is 1. The van der Waals surface area contributed by atoms with E-state index >= 15 is 0 Å². The number of nitrogens with one attached hydrogen (secondary N) is 2. The lowest BCUT2D eigenvalue weighted by Gasteiger charge is -2.18. The van der Waals surface area contributed by atoms with Crippen LogP contribution in [0.25, 0.3) is 11.1 Å². The fourth-order valence-electron chi connectivity index (χ4n) is 3.23. The molecule has 0 aromatic heterocycles. The molecule has 3 aromatic rings. The Morgan fingerprint density at radius 2 is 1.49 bits per heavy atom. The highest BCUT2D eigenvalue weighted by molar-refractivity contribution is 7.92. The van der Waals surface area contributed by atoms with Crippen molar-refractivity contribution >= 4 is 62.4 Å². The van der Waals surface area contributed by atoms with Gasteiger partial charge in [-0.3, -0.25) is 9.52 Å². The highest BCUT2D eigenvalue weighted by Gasteiger charge is 2.24. The Morgan fingerprint density at radius 1 is 0.857 bits per heavy atom. The van der Waals surface area contributed by atoms with Gasteiger partial charge in [0.15, 0.2) is 0 Å². The van der Waals surface area contributed by atoms with Gasteiger partial charge in [-0.05, 0) is 53.4 Å². The number of sulfonamides is 1. The molecule has 1 atom stereocenters. The maximum absolute atomic E-state index is 12.9. The van der Waals surface area contributed by atoms with Crippen LogP contribution in [-0.2, 0) is 14.8 Å². The van der Waals surface area contributed by atoms with Crippen LogP contribution in [0.3, 0.4) is 0 Å². The smallest absolute Gasteiger partial charge is 0.326 e. The third-order valence-electron chi connectivity index (χ3n) is 5.08. The van der Waals surface area contributed by atoms with Gasteiger partial charge in [0.1, 0.15) is 10.9 Å². The first kappa shape index (κ1) is 26.8. The van der Waals surface area contributed by atoms with Crippen LogP contribution in [0.4, 0.5) is 5.69 Å². The monoisotopic (exact) mass is 554 g/mol. The summed E-state index contributed by atoms with van der Waals surface area (Å²) in [5, 5.41) is 11.9. The summed E-state index contributed by atoms with van der Waals surface area (Å²) < 4.78 is 28.2. The average Bonchev–Trinajstić information content (AvgIpc) is 2.79. The van der Waals surface area contributed by atoms with Crippen LogP contribution in [0.5, 0.6) is 0 Å². The number of aliphatic carboxylic acids is 1. The van der Waals surface area contributed by atoms with Crippen LogP contribution in [0.1, 0.15) is 24.2 Å². The van der Waals surface area contributed by atoms with Gasteiger partial charge in [-0.1, -0.05) is 72.9 Å². The van der Waals surface area contributed by atoms with Gasteiger partial charge in [0.2, 0.25) is 0 Å². The molecule has 3 aromatic carbocycles. The number of rotatable bonds is 8. The maximum atomic E-state index is 12.9. The van der Waals surface area contributed by atoms with E-state index in [0.29, 0.717) is 16.7 Å². The second-order valence-electron chi connectivity index (χ2n) is 7.99. The van der Waals surface area contributed by atoms with Crippen molar-refractivity contribution in [3.8, 4) is 11.1 Å². The molecule has 0 aliphatic rings. The van der Waals surface area contributed by atoms with E-state index in [9.17, 15) is 23.1 Å². The van der Waals surface area contributed by atoms with Gasteiger partial charge in [0, 0.05) is 11.3 Å². The molecule has 3 rings (SSSR count). The number of carbonyl (C=O) groups is 2. The van der Waals surface area contributed by atoms with E-state index in [1.807, 2.05) is 0 Å². The van der Waals surface area contributed by atoms with E-state index in [0.717, 1.165) is 0 Å². The van der Waals surface area contributed by atoms with Crippen LogP contribution in [0.2, 0.25) is 15.1 Å². The lowest BCUT2D eigenvalue weighted by Crippen LogP contribution is -2.44. The van der Waals surface area contributed by atoms with Crippen LogP contribution >= 0.6 is 34.8 Å². The number of hydrogen-bond donors (Lipinski definition) is 3. The Morgan fingerprint density at radius 3 is 2.09 bits per heavy atom. The van der Waals surface area contributed by atoms with Crippen molar-refractivity contribution < 1.29 is 23.1 Å². The van der Waals surface area contributed by atoms with Gasteiger partial charge in [-0.15, -0.1) is 0 Å². The van der Waals surface area contributed by atoms with Crippen molar-refractivity contribution in [2.24, 2.45) is 5.92 Å². The molecular formula is C24H21Cl3N2O5S. The molecule has 1 amide bonds. The van der Waals surface area contributed by atoms with Crippen molar-refractivity contribution in [3.63, 3.8) is 0 Å². The zero-order chi connectivity index (χ0) is 25.9. The Labute approximate surface area is 218 Å². The highest BCUT2D eigenvalue weighted by atomic mass is 35.5. The lowest BCUT2D eigenvalue weighted by molar-refractivity contribution is -0.140. The normalized spacial score (nSPS) is 12.3. The zero-order valence-electron chi connectivity index (χ0n) is 18.6. The predicted molar refractivity (Wildman–Crippen MR) is 138 cm³/mol. The van der Waals surface area contributed by atoms with Crippen molar-refractivity contribution in [3.05, 3.63) is 81.3 Å². The maximum Gasteiger partial charge on any atom is 0.326 e. The first-order valence-electron chi connectivity index (χ1n) is 10.3. The minimum absolute atomic E-state index is 0.0531. The zero-order valence-corrected chi connectivity index (χ0v) is 21.6. The third kappa shape index (κ3) is 6.46. The standard InChI is InChI=1S/C24H21Cl3N2O5S/c1-13(2)22(24(31)32)28-23(30)15-8-6-14(7-9-15)16-4-3-5-17(10-16)29-35(33,34)21-12-19(26)18(25)11-20(21)27/h3-13,22,29H,1-2H3,(H,28,30)(H,31,32)/t22-/m0/s1. The Hall–Kier alpha value is -2.78. The number of hydrogen-bond acceptors (Lipinski definition) is 4. The fraction of sp³-hybridized carbons (Fsp3) is 0.167. The van der Waals surface area contributed by atoms with Crippen molar-refractivity contribution in [1.29, 1.82) is 0 Å². The average molecular weight is 556 g/mol. The van der Waals surface area contributed by atoms with Gasteiger partial charge in [0.05, 0.1) is 15.1 Å². The molecule has 0 unspecified atom stereocenters. The summed E-state index contributed by atoms with van der Waals surface area (Å²) in [6, 6.07) is 14.6. The Bertz CT molecular complexity index is 1380. The molecule has 35 heavy (non-hydrogen) atoms. The van der Waals surface area contributed by atoms with E-state index in [4.69, 9.17) is 34.8 Å². The Balaban J connectivity index is 1.81. The summed E-state index contributed by atoms with van der Waals surface area (Å²) in [5.41, 5.74) is 1.98. The molecule has 0 bridgehead atoms. The molecule has 0 radical (unpaired) electrons. The van der Waals surface area contributed by atoms with Gasteiger partial charge in [-0.25, -0.2) is 13.2 Å². The molecule has 0 spiro atoms.